The van der Waals surface area contributed by atoms with Gasteiger partial charge < -0.3 is 19.1 Å². The van der Waals surface area contributed by atoms with Crippen LogP contribution in [0, 0.1) is 0 Å². The van der Waals surface area contributed by atoms with Crippen LogP contribution in [0.3, 0.4) is 0 Å². The molecule has 1 N–H and O–H groups in total. The van der Waals surface area contributed by atoms with E-state index in [0.717, 1.165) is 42.8 Å². The van der Waals surface area contributed by atoms with Crippen molar-refractivity contribution in [3.05, 3.63) is 60.4 Å². The topological polar surface area (TPSA) is 97.1 Å². The van der Waals surface area contributed by atoms with E-state index in [1.54, 1.807) is 19.5 Å². The van der Waals surface area contributed by atoms with Crippen LogP contribution in [-0.2, 0) is 11.2 Å². The number of H-pyrrole nitrogens is 1. The van der Waals surface area contributed by atoms with Crippen molar-refractivity contribution in [2.75, 3.05) is 20.2 Å². The van der Waals surface area contributed by atoms with Gasteiger partial charge in [0.05, 0.1) is 7.11 Å². The monoisotopic (exact) mass is 431 g/mol. The predicted octanol–water partition coefficient (Wildman–Crippen LogP) is 3.96. The molecule has 1 saturated heterocycles. The number of nitrogens with zero attached hydrogens (tertiary/aromatic N) is 4. The lowest BCUT2D eigenvalue weighted by atomic mass is 9.89. The lowest BCUT2D eigenvalue weighted by Crippen LogP contribution is -2.38. The van der Waals surface area contributed by atoms with Gasteiger partial charge in [-0.25, -0.2) is 0 Å². The molecule has 4 heterocycles. The smallest absolute Gasteiger partial charge is 0.227 e. The van der Waals surface area contributed by atoms with Crippen LogP contribution in [0.15, 0.2) is 53.4 Å². The zero-order chi connectivity index (χ0) is 21.9. The molecule has 0 unspecified atom stereocenters. The summed E-state index contributed by atoms with van der Waals surface area (Å²) in [6.07, 6.45) is 8.18. The number of pyridine rings is 1. The molecule has 8 heteroatoms. The molecule has 0 saturated carbocycles. The zero-order valence-electron chi connectivity index (χ0n) is 18.0. The Morgan fingerprint density at radius 2 is 2.16 bits per heavy atom. The van der Waals surface area contributed by atoms with Crippen molar-refractivity contribution < 1.29 is 14.1 Å². The fourth-order valence-electron chi connectivity index (χ4n) is 4.37. The highest BCUT2D eigenvalue weighted by Crippen LogP contribution is 2.34. The maximum Gasteiger partial charge on any atom is 0.227 e. The van der Waals surface area contributed by atoms with E-state index in [4.69, 9.17) is 9.26 Å². The molecular formula is C24H25N5O3. The third-order valence-electron chi connectivity index (χ3n) is 6.15. The molecule has 1 aromatic carbocycles. The molecule has 4 aromatic rings. The van der Waals surface area contributed by atoms with Crippen molar-refractivity contribution in [1.82, 2.24) is 25.0 Å². The van der Waals surface area contributed by atoms with E-state index in [1.807, 2.05) is 29.2 Å². The van der Waals surface area contributed by atoms with Crippen molar-refractivity contribution in [3.8, 4) is 17.1 Å². The maximum absolute atomic E-state index is 12.7. The Labute approximate surface area is 185 Å². The zero-order valence-corrected chi connectivity index (χ0v) is 18.0. The van der Waals surface area contributed by atoms with E-state index in [2.05, 4.69) is 32.4 Å². The van der Waals surface area contributed by atoms with Gasteiger partial charge in [0.15, 0.2) is 0 Å². The fourth-order valence-corrected chi connectivity index (χ4v) is 4.37. The quantitative estimate of drug-likeness (QED) is 0.496. The fraction of sp³-hybridized carbons (Fsp3) is 0.333. The molecule has 0 spiro atoms. The van der Waals surface area contributed by atoms with Crippen LogP contribution >= 0.6 is 0 Å². The number of ether oxygens (including phenoxy) is 1. The molecule has 0 radical (unpaired) electrons. The van der Waals surface area contributed by atoms with Gasteiger partial charge in [-0.15, -0.1) is 0 Å². The average Bonchev–Trinajstić information content (AvgIpc) is 3.50. The predicted molar refractivity (Wildman–Crippen MR) is 119 cm³/mol. The standard InChI is InChI=1S/C24H25N5O3/c1-31-18-4-5-21-19(13-18)20(15-26-21)16-8-11-29(12-9-16)23(30)7-6-22-27-24(28-32-22)17-3-2-10-25-14-17/h2-5,10,13-16,26H,6-9,11-12H2,1H3. The van der Waals surface area contributed by atoms with Gasteiger partial charge in [0.25, 0.3) is 0 Å². The van der Waals surface area contributed by atoms with E-state index in [9.17, 15) is 4.79 Å². The molecule has 1 amide bonds. The molecule has 1 aliphatic heterocycles. The number of aromatic amines is 1. The first-order chi connectivity index (χ1) is 15.7. The summed E-state index contributed by atoms with van der Waals surface area (Å²) in [6.45, 7) is 1.51. The molecule has 5 rings (SSSR count). The van der Waals surface area contributed by atoms with Crippen molar-refractivity contribution in [2.45, 2.75) is 31.6 Å². The Morgan fingerprint density at radius 1 is 1.28 bits per heavy atom. The van der Waals surface area contributed by atoms with E-state index in [-0.39, 0.29) is 5.91 Å². The lowest BCUT2D eigenvalue weighted by molar-refractivity contribution is -0.132. The van der Waals surface area contributed by atoms with Gasteiger partial charge in [-0.2, -0.15) is 4.98 Å². The van der Waals surface area contributed by atoms with E-state index < -0.39 is 0 Å². The number of carbonyl (C=O) groups excluding carboxylic acids is 1. The molecular weight excluding hydrogens is 406 g/mol. The number of amides is 1. The number of aromatic nitrogens is 4. The average molecular weight is 431 g/mol. The van der Waals surface area contributed by atoms with Gasteiger partial charge >= 0.3 is 0 Å². The summed E-state index contributed by atoms with van der Waals surface area (Å²) in [6, 6.07) is 9.80. The number of likely N-dealkylation sites (tertiary alicyclic amines) is 1. The van der Waals surface area contributed by atoms with Gasteiger partial charge in [0, 0.05) is 61.0 Å². The van der Waals surface area contributed by atoms with Gasteiger partial charge in [0.2, 0.25) is 17.6 Å². The normalized spacial score (nSPS) is 14.7. The number of rotatable bonds is 6. The summed E-state index contributed by atoms with van der Waals surface area (Å²) < 4.78 is 10.7. The highest BCUT2D eigenvalue weighted by molar-refractivity contribution is 5.85. The SMILES string of the molecule is COc1ccc2[nH]cc(C3CCN(C(=O)CCc4nc(-c5cccnc5)no4)CC3)c2c1. The van der Waals surface area contributed by atoms with Gasteiger partial charge in [-0.1, -0.05) is 5.16 Å². The van der Waals surface area contributed by atoms with Crippen LogP contribution in [0.1, 0.15) is 36.6 Å². The Kier molecular flexibility index (Phi) is 5.58. The second kappa shape index (κ2) is 8.82. The van der Waals surface area contributed by atoms with Gasteiger partial charge in [-0.05, 0) is 54.7 Å². The lowest BCUT2D eigenvalue weighted by Gasteiger charge is -2.32. The first kappa shape index (κ1) is 20.2. The Morgan fingerprint density at radius 3 is 2.94 bits per heavy atom. The largest absolute Gasteiger partial charge is 0.497 e. The molecule has 0 aliphatic carbocycles. The number of nitrogens with one attached hydrogen (secondary N) is 1. The second-order valence-corrected chi connectivity index (χ2v) is 8.06. The molecule has 32 heavy (non-hydrogen) atoms. The van der Waals surface area contributed by atoms with Crippen LogP contribution in [-0.4, -0.2) is 51.1 Å². The number of fused-ring (bicyclic) bond motifs is 1. The number of carbonyl (C=O) groups is 1. The Hall–Kier alpha value is -3.68. The minimum atomic E-state index is 0.130. The molecule has 1 fully saturated rings. The van der Waals surface area contributed by atoms with Crippen molar-refractivity contribution in [2.24, 2.45) is 0 Å². The minimum absolute atomic E-state index is 0.130. The van der Waals surface area contributed by atoms with Crippen LogP contribution in [0.5, 0.6) is 5.75 Å². The van der Waals surface area contributed by atoms with Gasteiger partial charge in [-0.3, -0.25) is 9.78 Å². The minimum Gasteiger partial charge on any atom is -0.497 e. The van der Waals surface area contributed by atoms with E-state index >= 15 is 0 Å². The summed E-state index contributed by atoms with van der Waals surface area (Å²) >= 11 is 0. The number of benzene rings is 1. The summed E-state index contributed by atoms with van der Waals surface area (Å²) in [7, 11) is 1.69. The summed E-state index contributed by atoms with van der Waals surface area (Å²) in [5.41, 5.74) is 3.22. The number of piperidine rings is 1. The van der Waals surface area contributed by atoms with E-state index in [1.165, 1.54) is 10.9 Å². The number of methoxy groups -OCH3 is 1. The molecule has 0 bridgehead atoms. The molecule has 0 atom stereocenters. The summed E-state index contributed by atoms with van der Waals surface area (Å²) in [4.78, 5) is 26.5. The van der Waals surface area contributed by atoms with E-state index in [0.29, 0.717) is 30.5 Å². The van der Waals surface area contributed by atoms with Crippen LogP contribution in [0.25, 0.3) is 22.3 Å². The molecule has 164 valence electrons. The third kappa shape index (κ3) is 4.08. The van der Waals surface area contributed by atoms with Crippen molar-refractivity contribution >= 4 is 16.8 Å². The van der Waals surface area contributed by atoms with Crippen LogP contribution in [0.2, 0.25) is 0 Å². The molecule has 8 nitrogen and oxygen atoms in total. The van der Waals surface area contributed by atoms with Gasteiger partial charge in [0.1, 0.15) is 5.75 Å². The third-order valence-corrected chi connectivity index (χ3v) is 6.15. The van der Waals surface area contributed by atoms with Crippen molar-refractivity contribution in [1.29, 1.82) is 0 Å². The van der Waals surface area contributed by atoms with Crippen LogP contribution in [0.4, 0.5) is 0 Å². The molecule has 3 aromatic heterocycles. The maximum atomic E-state index is 12.7. The van der Waals surface area contributed by atoms with Crippen LogP contribution < -0.4 is 4.74 Å². The highest BCUT2D eigenvalue weighted by Gasteiger charge is 2.26. The Bertz CT molecular complexity index is 1210. The summed E-state index contributed by atoms with van der Waals surface area (Å²) in [5.74, 6) is 2.39. The summed E-state index contributed by atoms with van der Waals surface area (Å²) in [5, 5.41) is 5.19. The number of aryl methyl sites for hydroxylation is 1. The first-order valence-corrected chi connectivity index (χ1v) is 10.9. The first-order valence-electron chi connectivity index (χ1n) is 10.9. The Balaban J connectivity index is 1.16. The highest BCUT2D eigenvalue weighted by atomic mass is 16.5. The second-order valence-electron chi connectivity index (χ2n) is 8.06. The van der Waals surface area contributed by atoms with Crippen molar-refractivity contribution in [3.63, 3.8) is 0 Å². The molecule has 1 aliphatic rings. The number of hydrogen-bond donors (Lipinski definition) is 1. The number of hydrogen-bond acceptors (Lipinski definition) is 6.